The Morgan fingerprint density at radius 2 is 0.806 bits per heavy atom. The molecule has 0 unspecified atom stereocenters. The zero-order valence-corrected chi connectivity index (χ0v) is 19.4. The lowest BCUT2D eigenvalue weighted by molar-refractivity contribution is 1.06. The van der Waals surface area contributed by atoms with Crippen molar-refractivity contribution in [2.24, 2.45) is 0 Å². The molecule has 6 aromatic rings. The number of benzene rings is 3. The van der Waals surface area contributed by atoms with Crippen LogP contribution in [0.5, 0.6) is 0 Å². The summed E-state index contributed by atoms with van der Waals surface area (Å²) >= 11 is 0. The summed E-state index contributed by atoms with van der Waals surface area (Å²) in [7, 11) is 0. The summed E-state index contributed by atoms with van der Waals surface area (Å²) in [6.07, 6.45) is 6.68. The summed E-state index contributed by atoms with van der Waals surface area (Å²) in [5.74, 6) is 0.642. The molecular weight excluding hydrogens is 442 g/mol. The minimum absolute atomic E-state index is 0.642. The van der Waals surface area contributed by atoms with E-state index in [9.17, 15) is 0 Å². The lowest BCUT2D eigenvalue weighted by atomic mass is 9.94. The molecule has 5 nitrogen and oxygen atoms in total. The summed E-state index contributed by atoms with van der Waals surface area (Å²) in [6.45, 7) is 0. The Morgan fingerprint density at radius 3 is 1.25 bits per heavy atom. The fourth-order valence-corrected chi connectivity index (χ4v) is 4.21. The highest BCUT2D eigenvalue weighted by atomic mass is 15.0. The number of pyridine rings is 2. The van der Waals surface area contributed by atoms with Crippen molar-refractivity contribution in [3.8, 4) is 56.2 Å². The van der Waals surface area contributed by atoms with Gasteiger partial charge in [-0.25, -0.2) is 15.0 Å². The van der Waals surface area contributed by atoms with Gasteiger partial charge in [0, 0.05) is 29.1 Å². The number of rotatable bonds is 5. The van der Waals surface area contributed by atoms with Gasteiger partial charge in [-0.15, -0.1) is 0 Å². The highest BCUT2D eigenvalue weighted by Crippen LogP contribution is 2.33. The van der Waals surface area contributed by atoms with Crippen LogP contribution in [0.2, 0.25) is 0 Å². The van der Waals surface area contributed by atoms with E-state index in [1.165, 1.54) is 12.7 Å². The molecule has 0 aliphatic carbocycles. The Hall–Kier alpha value is -5.03. The van der Waals surface area contributed by atoms with Crippen molar-refractivity contribution in [2.75, 3.05) is 0 Å². The predicted molar refractivity (Wildman–Crippen MR) is 143 cm³/mol. The second-order valence-electron chi connectivity index (χ2n) is 8.35. The summed E-state index contributed by atoms with van der Waals surface area (Å²) in [5.41, 5.74) is 9.40. The number of hydrogen-bond donors (Lipinski definition) is 0. The van der Waals surface area contributed by atoms with E-state index in [0.29, 0.717) is 5.82 Å². The van der Waals surface area contributed by atoms with Gasteiger partial charge in [-0.2, -0.15) is 0 Å². The highest BCUT2D eigenvalue weighted by molar-refractivity contribution is 5.81. The van der Waals surface area contributed by atoms with Crippen LogP contribution in [0, 0.1) is 0 Å². The molecule has 0 amide bonds. The van der Waals surface area contributed by atoms with Gasteiger partial charge in [0.2, 0.25) is 0 Å². The molecule has 0 atom stereocenters. The average Bonchev–Trinajstić information content (AvgIpc) is 2.98. The molecule has 0 saturated carbocycles. The van der Waals surface area contributed by atoms with Gasteiger partial charge in [-0.3, -0.25) is 9.97 Å². The van der Waals surface area contributed by atoms with Gasteiger partial charge in [0.05, 0.1) is 11.4 Å². The number of nitrogens with zero attached hydrogens (tertiary/aromatic N) is 5. The Morgan fingerprint density at radius 1 is 0.361 bits per heavy atom. The van der Waals surface area contributed by atoms with Crippen LogP contribution in [-0.4, -0.2) is 24.9 Å². The smallest absolute Gasteiger partial charge is 0.162 e. The van der Waals surface area contributed by atoms with Crippen molar-refractivity contribution in [1.29, 1.82) is 0 Å². The van der Waals surface area contributed by atoms with Crippen LogP contribution in [0.15, 0.2) is 128 Å². The zero-order valence-electron chi connectivity index (χ0n) is 19.4. The van der Waals surface area contributed by atoms with E-state index < -0.39 is 0 Å². The molecule has 3 aromatic heterocycles. The molecule has 0 fully saturated rings. The van der Waals surface area contributed by atoms with Crippen molar-refractivity contribution >= 4 is 0 Å². The lowest BCUT2D eigenvalue weighted by Crippen LogP contribution is -1.92. The van der Waals surface area contributed by atoms with Crippen LogP contribution >= 0.6 is 0 Å². The molecule has 3 heterocycles. The summed E-state index contributed by atoms with van der Waals surface area (Å²) < 4.78 is 0. The van der Waals surface area contributed by atoms with Crippen molar-refractivity contribution < 1.29 is 0 Å². The second kappa shape index (κ2) is 9.68. The minimum atomic E-state index is 0.642. The fourth-order valence-electron chi connectivity index (χ4n) is 4.21. The van der Waals surface area contributed by atoms with E-state index in [4.69, 9.17) is 0 Å². The Labute approximate surface area is 209 Å². The molecule has 5 heteroatoms. The van der Waals surface area contributed by atoms with Gasteiger partial charge in [0.1, 0.15) is 12.7 Å². The molecule has 170 valence electrons. The fraction of sp³-hybridized carbons (Fsp3) is 0. The van der Waals surface area contributed by atoms with Gasteiger partial charge in [0.15, 0.2) is 5.82 Å². The Balaban J connectivity index is 1.41. The van der Waals surface area contributed by atoms with Crippen LogP contribution < -0.4 is 0 Å². The first-order valence-corrected chi connectivity index (χ1v) is 11.6. The second-order valence-corrected chi connectivity index (χ2v) is 8.35. The molecule has 0 spiro atoms. The monoisotopic (exact) mass is 463 g/mol. The maximum atomic E-state index is 4.46. The van der Waals surface area contributed by atoms with E-state index in [0.717, 1.165) is 50.3 Å². The Bertz CT molecular complexity index is 1480. The minimum Gasteiger partial charge on any atom is -0.256 e. The molecule has 0 aliphatic rings. The molecule has 36 heavy (non-hydrogen) atoms. The topological polar surface area (TPSA) is 64.5 Å². The standard InChI is InChI=1S/C31H21N5/c1-3-15-33-29(5-1)24-11-7-22(8-12-24)26-17-27(19-28(18-26)31-35-20-32-21-36-31)23-9-13-25(14-10-23)30-6-2-4-16-34-30/h1-21H. The van der Waals surface area contributed by atoms with Gasteiger partial charge in [0.25, 0.3) is 0 Å². The molecule has 0 radical (unpaired) electrons. The third kappa shape index (κ3) is 4.50. The average molecular weight is 464 g/mol. The number of aromatic nitrogens is 5. The third-order valence-electron chi connectivity index (χ3n) is 6.04. The predicted octanol–water partition coefficient (Wildman–Crippen LogP) is 7.00. The summed E-state index contributed by atoms with van der Waals surface area (Å²) in [6, 6.07) is 35.3. The molecule has 0 bridgehead atoms. The largest absolute Gasteiger partial charge is 0.256 e. The van der Waals surface area contributed by atoms with E-state index in [-0.39, 0.29) is 0 Å². The maximum absolute atomic E-state index is 4.46. The molecular formula is C31H21N5. The van der Waals surface area contributed by atoms with E-state index in [1.54, 1.807) is 0 Å². The van der Waals surface area contributed by atoms with Crippen LogP contribution in [0.1, 0.15) is 0 Å². The van der Waals surface area contributed by atoms with Gasteiger partial charge in [-0.05, 0) is 64.7 Å². The number of hydrogen-bond acceptors (Lipinski definition) is 5. The maximum Gasteiger partial charge on any atom is 0.162 e. The SMILES string of the molecule is c1ccc(-c2ccc(-c3cc(-c4ccc(-c5ccccn5)cc4)cc(-c4ncncn4)c3)cc2)nc1. The van der Waals surface area contributed by atoms with Gasteiger partial charge < -0.3 is 0 Å². The van der Waals surface area contributed by atoms with Crippen molar-refractivity contribution in [2.45, 2.75) is 0 Å². The van der Waals surface area contributed by atoms with Crippen LogP contribution in [0.25, 0.3) is 56.2 Å². The molecule has 6 rings (SSSR count). The van der Waals surface area contributed by atoms with Crippen molar-refractivity contribution in [3.05, 3.63) is 128 Å². The van der Waals surface area contributed by atoms with Crippen molar-refractivity contribution in [1.82, 2.24) is 24.9 Å². The summed E-state index contributed by atoms with van der Waals surface area (Å²) in [5, 5.41) is 0. The van der Waals surface area contributed by atoms with Gasteiger partial charge in [-0.1, -0.05) is 60.7 Å². The quantitative estimate of drug-likeness (QED) is 0.275. The van der Waals surface area contributed by atoms with Crippen LogP contribution in [0.3, 0.4) is 0 Å². The zero-order chi connectivity index (χ0) is 24.2. The molecule has 0 N–H and O–H groups in total. The first-order valence-electron chi connectivity index (χ1n) is 11.6. The molecule has 3 aromatic carbocycles. The van der Waals surface area contributed by atoms with Crippen LogP contribution in [-0.2, 0) is 0 Å². The van der Waals surface area contributed by atoms with E-state index in [1.807, 2.05) is 48.8 Å². The normalized spacial score (nSPS) is 10.8. The lowest BCUT2D eigenvalue weighted by Gasteiger charge is -2.11. The third-order valence-corrected chi connectivity index (χ3v) is 6.04. The molecule has 0 saturated heterocycles. The summed E-state index contributed by atoms with van der Waals surface area (Å²) in [4.78, 5) is 21.7. The Kier molecular flexibility index (Phi) is 5.78. The van der Waals surface area contributed by atoms with E-state index >= 15 is 0 Å². The highest BCUT2D eigenvalue weighted by Gasteiger charge is 2.10. The molecule has 0 aliphatic heterocycles. The van der Waals surface area contributed by atoms with E-state index in [2.05, 4.69) is 91.6 Å². The van der Waals surface area contributed by atoms with Crippen LogP contribution in [0.4, 0.5) is 0 Å². The first-order chi connectivity index (χ1) is 17.8. The van der Waals surface area contributed by atoms with Gasteiger partial charge >= 0.3 is 0 Å². The van der Waals surface area contributed by atoms with Crippen molar-refractivity contribution in [3.63, 3.8) is 0 Å². The first kappa shape index (κ1) is 21.5.